The Balaban J connectivity index is -0.000000394. The van der Waals surface area contributed by atoms with Gasteiger partial charge in [0.15, 0.2) is 0 Å². The summed E-state index contributed by atoms with van der Waals surface area (Å²) in [5.41, 5.74) is 5.19. The Labute approximate surface area is 140 Å². The molecule has 0 saturated carbocycles. The summed E-state index contributed by atoms with van der Waals surface area (Å²) < 4.78 is 0. The van der Waals surface area contributed by atoms with Crippen molar-refractivity contribution >= 4 is 0 Å². The summed E-state index contributed by atoms with van der Waals surface area (Å²) in [6, 6.07) is 17.3. The molecule has 0 radical (unpaired) electrons. The molecule has 0 aliphatic heterocycles. The van der Waals surface area contributed by atoms with Crippen molar-refractivity contribution in [1.29, 1.82) is 0 Å². The Morgan fingerprint density at radius 2 is 0.545 bits per heavy atom. The first-order valence-electron chi connectivity index (χ1n) is 8.89. The monoisotopic (exact) mass is 302 g/mol. The van der Waals surface area contributed by atoms with E-state index in [1.807, 2.05) is 55.4 Å². The van der Waals surface area contributed by atoms with Crippen molar-refractivity contribution in [3.8, 4) is 11.1 Å². The molecule has 2 rings (SSSR count). The minimum absolute atomic E-state index is 1.29. The van der Waals surface area contributed by atoms with Crippen molar-refractivity contribution in [2.24, 2.45) is 0 Å². The molecule has 0 aliphatic carbocycles. The Hall–Kier alpha value is -1.56. The molecule has 0 heterocycles. The molecule has 0 bridgehead atoms. The highest BCUT2D eigenvalue weighted by molar-refractivity contribution is 5.63. The van der Waals surface area contributed by atoms with Gasteiger partial charge < -0.3 is 0 Å². The quantitative estimate of drug-likeness (QED) is 0.499. The molecule has 0 nitrogen and oxygen atoms in total. The molecule has 0 fully saturated rings. The Kier molecular flexibility index (Phi) is 22.4. The van der Waals surface area contributed by atoms with Crippen LogP contribution in [0.1, 0.15) is 66.5 Å². The topological polar surface area (TPSA) is 0 Å². The first kappa shape index (κ1) is 25.4. The van der Waals surface area contributed by atoms with Crippen LogP contribution in [-0.2, 0) is 0 Å². The van der Waals surface area contributed by atoms with Gasteiger partial charge in [-0.15, -0.1) is 0 Å². The van der Waals surface area contributed by atoms with Crippen LogP contribution in [-0.4, -0.2) is 0 Å². The molecule has 0 amide bonds. The Bertz CT molecular complexity index is 363. The molecular formula is C22H38. The molecule has 0 saturated heterocycles. The fourth-order valence-electron chi connectivity index (χ4n) is 1.49. The Morgan fingerprint density at radius 1 is 0.364 bits per heavy atom. The van der Waals surface area contributed by atoms with Gasteiger partial charge in [-0.3, -0.25) is 0 Å². The highest BCUT2D eigenvalue weighted by Crippen LogP contribution is 2.19. The lowest BCUT2D eigenvalue weighted by Crippen LogP contribution is -1.78. The molecule has 2 aromatic rings. The summed E-state index contributed by atoms with van der Waals surface area (Å²) in [4.78, 5) is 0. The van der Waals surface area contributed by atoms with Gasteiger partial charge in [-0.2, -0.15) is 0 Å². The zero-order chi connectivity index (χ0) is 18.0. The summed E-state index contributed by atoms with van der Waals surface area (Å²) >= 11 is 0. The van der Waals surface area contributed by atoms with Crippen LogP contribution in [0.15, 0.2) is 48.5 Å². The number of benzene rings is 2. The van der Waals surface area contributed by atoms with E-state index in [-0.39, 0.29) is 0 Å². The van der Waals surface area contributed by atoms with E-state index in [0.717, 1.165) is 0 Å². The third-order valence-corrected chi connectivity index (χ3v) is 2.44. The summed E-state index contributed by atoms with van der Waals surface area (Å²) in [5.74, 6) is 0. The van der Waals surface area contributed by atoms with Crippen LogP contribution in [0.4, 0.5) is 0 Å². The fraction of sp³-hybridized carbons (Fsp3) is 0.455. The Morgan fingerprint density at radius 3 is 0.727 bits per heavy atom. The maximum absolute atomic E-state index is 2.17. The van der Waals surface area contributed by atoms with Gasteiger partial charge in [-0.05, 0) is 25.0 Å². The molecule has 0 aliphatic rings. The maximum Gasteiger partial charge on any atom is -0.0184 e. The lowest BCUT2D eigenvalue weighted by Gasteiger charge is -2.02. The molecule has 0 atom stereocenters. The van der Waals surface area contributed by atoms with Gasteiger partial charge in [0.1, 0.15) is 0 Å². The smallest absolute Gasteiger partial charge is 0.0184 e. The molecule has 0 heteroatoms. The molecule has 0 spiro atoms. The van der Waals surface area contributed by atoms with Crippen molar-refractivity contribution < 1.29 is 0 Å². The SMILES string of the molecule is CC.CC.CC.CC.Cc1ccc(-c2ccc(C)cc2)cc1. The number of hydrogen-bond acceptors (Lipinski definition) is 0. The third-order valence-electron chi connectivity index (χ3n) is 2.44. The average molecular weight is 303 g/mol. The van der Waals surface area contributed by atoms with E-state index in [4.69, 9.17) is 0 Å². The lowest BCUT2D eigenvalue weighted by atomic mass is 10.0. The van der Waals surface area contributed by atoms with Gasteiger partial charge in [0.05, 0.1) is 0 Å². The number of aryl methyl sites for hydroxylation is 2. The van der Waals surface area contributed by atoms with Gasteiger partial charge in [0, 0.05) is 0 Å². The van der Waals surface area contributed by atoms with Crippen LogP contribution in [0.5, 0.6) is 0 Å². The number of rotatable bonds is 1. The molecule has 0 aromatic heterocycles. The minimum Gasteiger partial charge on any atom is -0.0683 e. The largest absolute Gasteiger partial charge is 0.0683 e. The van der Waals surface area contributed by atoms with Gasteiger partial charge in [-0.25, -0.2) is 0 Å². The highest BCUT2D eigenvalue weighted by atomic mass is 14.0. The summed E-state index contributed by atoms with van der Waals surface area (Å²) in [7, 11) is 0. The van der Waals surface area contributed by atoms with Crippen molar-refractivity contribution in [2.75, 3.05) is 0 Å². The van der Waals surface area contributed by atoms with Gasteiger partial charge in [-0.1, -0.05) is 115 Å². The van der Waals surface area contributed by atoms with Crippen molar-refractivity contribution in [2.45, 2.75) is 69.2 Å². The average Bonchev–Trinajstić information content (AvgIpc) is 2.63. The summed E-state index contributed by atoms with van der Waals surface area (Å²) in [6.07, 6.45) is 0. The van der Waals surface area contributed by atoms with Crippen LogP contribution >= 0.6 is 0 Å². The zero-order valence-corrected chi connectivity index (χ0v) is 16.6. The second-order valence-corrected chi connectivity index (χ2v) is 3.73. The minimum atomic E-state index is 1.29. The maximum atomic E-state index is 2.17. The van der Waals surface area contributed by atoms with Crippen LogP contribution < -0.4 is 0 Å². The normalized spacial score (nSPS) is 7.55. The third kappa shape index (κ3) is 11.1. The summed E-state index contributed by atoms with van der Waals surface area (Å²) in [5, 5.41) is 0. The zero-order valence-electron chi connectivity index (χ0n) is 16.6. The van der Waals surface area contributed by atoms with Gasteiger partial charge >= 0.3 is 0 Å². The molecule has 126 valence electrons. The van der Waals surface area contributed by atoms with E-state index in [2.05, 4.69) is 62.4 Å². The molecule has 0 N–H and O–H groups in total. The molecular weight excluding hydrogens is 264 g/mol. The van der Waals surface area contributed by atoms with Gasteiger partial charge in [0.2, 0.25) is 0 Å². The van der Waals surface area contributed by atoms with E-state index < -0.39 is 0 Å². The standard InChI is InChI=1S/C14H14.4C2H6/c1-11-3-7-13(8-4-11)14-9-5-12(2)6-10-14;4*1-2/h3-10H,1-2H3;4*1-2H3. The van der Waals surface area contributed by atoms with Crippen molar-refractivity contribution in [1.82, 2.24) is 0 Å². The fourth-order valence-corrected chi connectivity index (χ4v) is 1.49. The van der Waals surface area contributed by atoms with Crippen LogP contribution in [0.2, 0.25) is 0 Å². The first-order chi connectivity index (χ1) is 10.8. The lowest BCUT2D eigenvalue weighted by molar-refractivity contribution is 1.45. The van der Waals surface area contributed by atoms with E-state index in [1.165, 1.54) is 22.3 Å². The van der Waals surface area contributed by atoms with Crippen LogP contribution in [0.25, 0.3) is 11.1 Å². The van der Waals surface area contributed by atoms with Crippen LogP contribution in [0.3, 0.4) is 0 Å². The van der Waals surface area contributed by atoms with Crippen molar-refractivity contribution in [3.63, 3.8) is 0 Å². The van der Waals surface area contributed by atoms with E-state index in [1.54, 1.807) is 0 Å². The first-order valence-corrected chi connectivity index (χ1v) is 8.89. The van der Waals surface area contributed by atoms with E-state index in [9.17, 15) is 0 Å². The van der Waals surface area contributed by atoms with E-state index >= 15 is 0 Å². The predicted molar refractivity (Wildman–Crippen MR) is 107 cm³/mol. The summed E-state index contributed by atoms with van der Waals surface area (Å²) in [6.45, 7) is 20.2. The predicted octanol–water partition coefficient (Wildman–Crippen LogP) is 8.08. The second kappa shape index (κ2) is 19.4. The second-order valence-electron chi connectivity index (χ2n) is 3.73. The number of hydrogen-bond donors (Lipinski definition) is 0. The highest BCUT2D eigenvalue weighted by Gasteiger charge is 1.95. The van der Waals surface area contributed by atoms with Crippen LogP contribution in [0, 0.1) is 13.8 Å². The molecule has 0 unspecified atom stereocenters. The molecule has 22 heavy (non-hydrogen) atoms. The van der Waals surface area contributed by atoms with Crippen molar-refractivity contribution in [3.05, 3.63) is 59.7 Å². The molecule has 2 aromatic carbocycles. The van der Waals surface area contributed by atoms with E-state index in [0.29, 0.717) is 0 Å². The van der Waals surface area contributed by atoms with Gasteiger partial charge in [0.25, 0.3) is 0 Å².